The number of hydrogen-bond acceptors (Lipinski definition) is 3. The Bertz CT molecular complexity index is 286. The van der Waals surface area contributed by atoms with E-state index < -0.39 is 0 Å². The summed E-state index contributed by atoms with van der Waals surface area (Å²) in [5.41, 5.74) is 0.918. The van der Waals surface area contributed by atoms with E-state index in [1.165, 1.54) is 0 Å². The number of methoxy groups -OCH3 is 1. The molecule has 13 heavy (non-hydrogen) atoms. The van der Waals surface area contributed by atoms with Crippen molar-refractivity contribution in [2.45, 2.75) is 6.42 Å². The van der Waals surface area contributed by atoms with Gasteiger partial charge in [-0.3, -0.25) is 0 Å². The Kier molecular flexibility index (Phi) is 4.40. The minimum Gasteiger partial charge on any atom is -0.481 e. The lowest BCUT2D eigenvalue weighted by Crippen LogP contribution is -1.88. The van der Waals surface area contributed by atoms with Gasteiger partial charge in [-0.25, -0.2) is 4.98 Å². The van der Waals surface area contributed by atoms with Gasteiger partial charge in [0, 0.05) is 6.07 Å². The van der Waals surface area contributed by atoms with E-state index in [0.29, 0.717) is 5.88 Å². The van der Waals surface area contributed by atoms with E-state index in [0.717, 1.165) is 17.9 Å². The Morgan fingerprint density at radius 2 is 2.38 bits per heavy atom. The summed E-state index contributed by atoms with van der Waals surface area (Å²) in [5, 5.41) is 0. The predicted molar refractivity (Wildman–Crippen MR) is 58.3 cm³/mol. The fourth-order valence-corrected chi connectivity index (χ4v) is 1.06. The molecular weight excluding hydrogens is 182 g/mol. The van der Waals surface area contributed by atoms with Crippen LogP contribution in [0.25, 0.3) is 6.08 Å². The van der Waals surface area contributed by atoms with Crippen LogP contribution in [0.2, 0.25) is 0 Å². The molecule has 1 heterocycles. The molecule has 0 unspecified atom stereocenters. The lowest BCUT2D eigenvalue weighted by atomic mass is 10.3. The summed E-state index contributed by atoms with van der Waals surface area (Å²) < 4.78 is 5.00. The molecular formula is C10H13NOS. The number of pyridine rings is 1. The van der Waals surface area contributed by atoms with Crippen LogP contribution in [-0.2, 0) is 0 Å². The highest BCUT2D eigenvalue weighted by Gasteiger charge is 1.91. The molecule has 0 aliphatic rings. The molecule has 0 aromatic carbocycles. The monoisotopic (exact) mass is 195 g/mol. The first kappa shape index (κ1) is 10.1. The number of thiol groups is 1. The van der Waals surface area contributed by atoms with Gasteiger partial charge in [0.05, 0.1) is 12.8 Å². The summed E-state index contributed by atoms with van der Waals surface area (Å²) in [6, 6.07) is 5.69. The Morgan fingerprint density at radius 1 is 1.54 bits per heavy atom. The van der Waals surface area contributed by atoms with E-state index in [1.54, 1.807) is 7.11 Å². The van der Waals surface area contributed by atoms with E-state index in [9.17, 15) is 0 Å². The van der Waals surface area contributed by atoms with Crippen LogP contribution in [-0.4, -0.2) is 17.8 Å². The van der Waals surface area contributed by atoms with Crippen molar-refractivity contribution >= 4 is 18.7 Å². The molecule has 0 spiro atoms. The van der Waals surface area contributed by atoms with Crippen molar-refractivity contribution in [2.24, 2.45) is 0 Å². The van der Waals surface area contributed by atoms with Crippen LogP contribution in [0.1, 0.15) is 12.1 Å². The van der Waals surface area contributed by atoms with Crippen molar-refractivity contribution in [1.82, 2.24) is 4.98 Å². The molecule has 1 aromatic rings. The lowest BCUT2D eigenvalue weighted by molar-refractivity contribution is 0.397. The van der Waals surface area contributed by atoms with Gasteiger partial charge in [0.1, 0.15) is 0 Å². The van der Waals surface area contributed by atoms with Crippen molar-refractivity contribution in [1.29, 1.82) is 0 Å². The molecule has 0 saturated heterocycles. The molecule has 0 aliphatic carbocycles. The third-order valence-electron chi connectivity index (χ3n) is 1.54. The summed E-state index contributed by atoms with van der Waals surface area (Å²) in [4.78, 5) is 4.23. The van der Waals surface area contributed by atoms with Crippen molar-refractivity contribution < 1.29 is 4.74 Å². The van der Waals surface area contributed by atoms with Gasteiger partial charge in [0.25, 0.3) is 0 Å². The maximum Gasteiger partial charge on any atom is 0.213 e. The van der Waals surface area contributed by atoms with Crippen LogP contribution in [0.5, 0.6) is 5.88 Å². The standard InChI is InChI=1S/C10H13NOS/c1-12-10-7-4-6-9(11-10)5-2-3-8-13/h2,4-7,13H,3,8H2,1H3. The van der Waals surface area contributed by atoms with E-state index in [2.05, 4.69) is 23.7 Å². The van der Waals surface area contributed by atoms with Gasteiger partial charge in [-0.15, -0.1) is 0 Å². The normalized spacial score (nSPS) is 10.6. The molecule has 2 nitrogen and oxygen atoms in total. The van der Waals surface area contributed by atoms with Crippen LogP contribution in [0.4, 0.5) is 0 Å². The fraction of sp³-hybridized carbons (Fsp3) is 0.300. The number of hydrogen-bond donors (Lipinski definition) is 1. The quantitative estimate of drug-likeness (QED) is 0.745. The zero-order valence-electron chi connectivity index (χ0n) is 7.60. The van der Waals surface area contributed by atoms with Gasteiger partial charge in [-0.05, 0) is 24.3 Å². The second-order valence-electron chi connectivity index (χ2n) is 2.52. The van der Waals surface area contributed by atoms with E-state index in [-0.39, 0.29) is 0 Å². The van der Waals surface area contributed by atoms with Crippen molar-refractivity contribution in [3.63, 3.8) is 0 Å². The Balaban J connectivity index is 2.66. The summed E-state index contributed by atoms with van der Waals surface area (Å²) in [7, 11) is 1.61. The van der Waals surface area contributed by atoms with Crippen LogP contribution in [0, 0.1) is 0 Å². The molecule has 1 aromatic heterocycles. The highest BCUT2D eigenvalue weighted by molar-refractivity contribution is 7.80. The van der Waals surface area contributed by atoms with Gasteiger partial charge in [-0.1, -0.05) is 12.1 Å². The highest BCUT2D eigenvalue weighted by Crippen LogP contribution is 2.07. The second kappa shape index (κ2) is 5.65. The molecule has 0 atom stereocenters. The van der Waals surface area contributed by atoms with E-state index in [1.807, 2.05) is 24.3 Å². The second-order valence-corrected chi connectivity index (χ2v) is 2.97. The van der Waals surface area contributed by atoms with Gasteiger partial charge < -0.3 is 4.74 Å². The van der Waals surface area contributed by atoms with E-state index >= 15 is 0 Å². The lowest BCUT2D eigenvalue weighted by Gasteiger charge is -1.98. The highest BCUT2D eigenvalue weighted by atomic mass is 32.1. The van der Waals surface area contributed by atoms with Crippen molar-refractivity contribution in [3.8, 4) is 5.88 Å². The van der Waals surface area contributed by atoms with Crippen molar-refractivity contribution in [2.75, 3.05) is 12.9 Å². The summed E-state index contributed by atoms with van der Waals surface area (Å²) in [6.45, 7) is 0. The first-order chi connectivity index (χ1) is 6.36. The zero-order valence-corrected chi connectivity index (χ0v) is 8.50. The molecule has 0 fully saturated rings. The van der Waals surface area contributed by atoms with Crippen LogP contribution in [0.3, 0.4) is 0 Å². The van der Waals surface area contributed by atoms with Gasteiger partial charge in [0.15, 0.2) is 0 Å². The molecule has 1 rings (SSSR count). The van der Waals surface area contributed by atoms with Crippen LogP contribution < -0.4 is 4.74 Å². The zero-order chi connectivity index (χ0) is 9.52. The third kappa shape index (κ3) is 3.51. The average molecular weight is 195 g/mol. The molecule has 0 saturated carbocycles. The van der Waals surface area contributed by atoms with E-state index in [4.69, 9.17) is 4.74 Å². The van der Waals surface area contributed by atoms with Crippen molar-refractivity contribution in [3.05, 3.63) is 30.0 Å². The largest absolute Gasteiger partial charge is 0.481 e. The van der Waals surface area contributed by atoms with Crippen LogP contribution in [0.15, 0.2) is 24.3 Å². The minimum atomic E-state index is 0.646. The number of aromatic nitrogens is 1. The SMILES string of the molecule is COc1cccc(C=CCCS)n1. The summed E-state index contributed by atoms with van der Waals surface area (Å²) in [5.74, 6) is 1.51. The summed E-state index contributed by atoms with van der Waals surface area (Å²) in [6.07, 6.45) is 4.98. The fourth-order valence-electron chi connectivity index (χ4n) is 0.916. The molecule has 0 radical (unpaired) electrons. The Labute approximate surface area is 84.1 Å². The first-order valence-corrected chi connectivity index (χ1v) is 4.78. The number of nitrogens with zero attached hydrogens (tertiary/aromatic N) is 1. The minimum absolute atomic E-state index is 0.646. The maximum atomic E-state index is 5.00. The van der Waals surface area contributed by atoms with Gasteiger partial charge in [-0.2, -0.15) is 12.6 Å². The summed E-state index contributed by atoms with van der Waals surface area (Å²) >= 11 is 4.11. The topological polar surface area (TPSA) is 22.1 Å². The smallest absolute Gasteiger partial charge is 0.213 e. The van der Waals surface area contributed by atoms with Crippen LogP contribution >= 0.6 is 12.6 Å². The molecule has 0 aliphatic heterocycles. The predicted octanol–water partition coefficient (Wildman–Crippen LogP) is 2.42. The number of rotatable bonds is 4. The first-order valence-electron chi connectivity index (χ1n) is 4.15. The van der Waals surface area contributed by atoms with Gasteiger partial charge in [0.2, 0.25) is 5.88 Å². The Hall–Kier alpha value is -0.960. The third-order valence-corrected chi connectivity index (χ3v) is 1.80. The molecule has 0 N–H and O–H groups in total. The molecule has 3 heteroatoms. The number of ether oxygens (including phenoxy) is 1. The average Bonchev–Trinajstić information content (AvgIpc) is 2.19. The van der Waals surface area contributed by atoms with Gasteiger partial charge >= 0.3 is 0 Å². The molecule has 0 amide bonds. The molecule has 70 valence electrons. The molecule has 0 bridgehead atoms. The maximum absolute atomic E-state index is 5.00. The number of allylic oxidation sites excluding steroid dienone is 1. The Morgan fingerprint density at radius 3 is 3.08 bits per heavy atom.